The Balaban J connectivity index is 0.00000256. The van der Waals surface area contributed by atoms with Crippen molar-refractivity contribution in [1.82, 2.24) is 0 Å². The van der Waals surface area contributed by atoms with Gasteiger partial charge >= 0.3 is 0 Å². The SMILES string of the molecule is CN1/C(=C/C=C/C2=[N+](C)c3ccc(F)cc3C2(C)C)C(C)(C)c2cc(F)ccc21.[I-]. The van der Waals surface area contributed by atoms with Crippen molar-refractivity contribution in [2.75, 3.05) is 19.0 Å². The van der Waals surface area contributed by atoms with E-state index >= 15 is 0 Å². The van der Waals surface area contributed by atoms with E-state index in [1.807, 2.05) is 32.3 Å². The van der Waals surface area contributed by atoms with Crippen molar-refractivity contribution in [3.8, 4) is 0 Å². The van der Waals surface area contributed by atoms with E-state index in [0.717, 1.165) is 33.9 Å². The van der Waals surface area contributed by atoms with E-state index in [1.54, 1.807) is 12.1 Å². The number of benzene rings is 2. The number of rotatable bonds is 2. The average molecular weight is 520 g/mol. The Labute approximate surface area is 194 Å². The molecule has 2 aliphatic rings. The monoisotopic (exact) mass is 520 g/mol. The zero-order chi connectivity index (χ0) is 21.1. The molecule has 4 rings (SSSR count). The highest BCUT2D eigenvalue weighted by Crippen LogP contribution is 2.47. The lowest BCUT2D eigenvalue weighted by Crippen LogP contribution is -3.00. The predicted octanol–water partition coefficient (Wildman–Crippen LogP) is 2.84. The summed E-state index contributed by atoms with van der Waals surface area (Å²) < 4.78 is 29.8. The van der Waals surface area contributed by atoms with Gasteiger partial charge in [0, 0.05) is 41.6 Å². The van der Waals surface area contributed by atoms with Gasteiger partial charge in [-0.3, -0.25) is 0 Å². The number of hydrogen-bond donors (Lipinski definition) is 0. The Morgan fingerprint density at radius 2 is 1.50 bits per heavy atom. The fraction of sp³-hybridized carbons (Fsp3) is 0.320. The second kappa shape index (κ2) is 7.59. The summed E-state index contributed by atoms with van der Waals surface area (Å²) in [5.74, 6) is -0.422. The highest BCUT2D eigenvalue weighted by molar-refractivity contribution is 6.03. The fourth-order valence-corrected chi connectivity index (χ4v) is 4.85. The maximum absolute atomic E-state index is 13.8. The Kier molecular flexibility index (Phi) is 5.73. The average Bonchev–Trinajstić information content (AvgIpc) is 2.95. The van der Waals surface area contributed by atoms with Crippen LogP contribution in [0.15, 0.2) is 60.3 Å². The smallest absolute Gasteiger partial charge is 0.209 e. The lowest BCUT2D eigenvalue weighted by atomic mass is 9.81. The van der Waals surface area contributed by atoms with Gasteiger partial charge in [-0.05, 0) is 55.8 Å². The van der Waals surface area contributed by atoms with Crippen LogP contribution in [0.5, 0.6) is 0 Å². The van der Waals surface area contributed by atoms with Gasteiger partial charge in [0.1, 0.15) is 18.7 Å². The number of likely N-dealkylation sites (N-methyl/N-ethyl adjacent to an activating group) is 1. The molecule has 2 aliphatic heterocycles. The zero-order valence-electron chi connectivity index (χ0n) is 18.2. The van der Waals surface area contributed by atoms with E-state index in [9.17, 15) is 8.78 Å². The van der Waals surface area contributed by atoms with Crippen LogP contribution in [0.25, 0.3) is 0 Å². The Morgan fingerprint density at radius 3 is 2.17 bits per heavy atom. The topological polar surface area (TPSA) is 6.25 Å². The van der Waals surface area contributed by atoms with E-state index in [0.29, 0.717) is 0 Å². The van der Waals surface area contributed by atoms with Gasteiger partial charge in [0.05, 0.1) is 5.41 Å². The molecule has 0 radical (unpaired) electrons. The second-order valence-electron chi connectivity index (χ2n) is 8.99. The van der Waals surface area contributed by atoms with Crippen LogP contribution in [0.3, 0.4) is 0 Å². The first-order valence-corrected chi connectivity index (χ1v) is 9.89. The molecule has 0 aliphatic carbocycles. The standard InChI is InChI=1S/C25H27F2N2.HI/c1-24(2)18-14-16(26)10-12-20(18)28(5)22(24)8-7-9-23-25(3,4)19-15-17(27)11-13-21(19)29(23)6;/h7-15H,1-6H3;1H/q+1;/p-1. The van der Waals surface area contributed by atoms with Gasteiger partial charge in [0.25, 0.3) is 0 Å². The van der Waals surface area contributed by atoms with Crippen molar-refractivity contribution in [3.63, 3.8) is 0 Å². The first-order valence-electron chi connectivity index (χ1n) is 9.89. The molecule has 0 fully saturated rings. The summed E-state index contributed by atoms with van der Waals surface area (Å²) in [5, 5.41) is 0. The molecule has 0 bridgehead atoms. The molecule has 5 heteroatoms. The summed E-state index contributed by atoms with van der Waals surface area (Å²) in [5.41, 5.74) is 5.69. The molecule has 0 N–H and O–H groups in total. The molecule has 0 aromatic heterocycles. The molecule has 158 valence electrons. The molecular weight excluding hydrogens is 493 g/mol. The quantitative estimate of drug-likeness (QED) is 0.436. The fourth-order valence-electron chi connectivity index (χ4n) is 4.85. The van der Waals surface area contributed by atoms with Crippen LogP contribution in [0.4, 0.5) is 20.2 Å². The number of hydrogen-bond acceptors (Lipinski definition) is 1. The molecule has 30 heavy (non-hydrogen) atoms. The van der Waals surface area contributed by atoms with E-state index < -0.39 is 0 Å². The molecule has 2 nitrogen and oxygen atoms in total. The second-order valence-corrected chi connectivity index (χ2v) is 8.99. The third-order valence-corrected chi connectivity index (χ3v) is 6.50. The van der Waals surface area contributed by atoms with Crippen molar-refractivity contribution in [3.05, 3.63) is 83.1 Å². The summed E-state index contributed by atoms with van der Waals surface area (Å²) in [6.45, 7) is 8.47. The molecule has 2 aromatic rings. The van der Waals surface area contributed by atoms with Crippen molar-refractivity contribution in [1.29, 1.82) is 0 Å². The molecule has 0 saturated heterocycles. The van der Waals surface area contributed by atoms with Crippen molar-refractivity contribution in [2.24, 2.45) is 0 Å². The van der Waals surface area contributed by atoms with Crippen molar-refractivity contribution < 1.29 is 37.3 Å². The summed E-state index contributed by atoms with van der Waals surface area (Å²) >= 11 is 0. The first kappa shape index (κ1) is 22.7. The van der Waals surface area contributed by atoms with E-state index in [2.05, 4.69) is 49.3 Å². The normalized spacial score (nSPS) is 20.0. The molecule has 2 heterocycles. The zero-order valence-corrected chi connectivity index (χ0v) is 20.4. The van der Waals surface area contributed by atoms with Gasteiger partial charge in [0.2, 0.25) is 5.69 Å². The maximum Gasteiger partial charge on any atom is 0.209 e. The van der Waals surface area contributed by atoms with E-state index in [-0.39, 0.29) is 46.4 Å². The Hall–Kier alpha value is -2.02. The molecule has 0 atom stereocenters. The van der Waals surface area contributed by atoms with Crippen LogP contribution in [-0.2, 0) is 10.8 Å². The third-order valence-electron chi connectivity index (χ3n) is 6.50. The first-order chi connectivity index (χ1) is 13.5. The summed E-state index contributed by atoms with van der Waals surface area (Å²) in [6, 6.07) is 9.95. The molecule has 0 unspecified atom stereocenters. The number of nitrogens with zero attached hydrogens (tertiary/aromatic N) is 2. The van der Waals surface area contributed by atoms with Crippen LogP contribution < -0.4 is 28.9 Å². The minimum absolute atomic E-state index is 0. The predicted molar refractivity (Wildman–Crippen MR) is 115 cm³/mol. The summed E-state index contributed by atoms with van der Waals surface area (Å²) in [6.07, 6.45) is 6.24. The maximum atomic E-state index is 13.8. The minimum atomic E-state index is -0.287. The number of anilines is 1. The van der Waals surface area contributed by atoms with E-state index in [1.165, 1.54) is 12.1 Å². The van der Waals surface area contributed by atoms with Gasteiger partial charge in [-0.15, -0.1) is 0 Å². The molecule has 0 saturated carbocycles. The van der Waals surface area contributed by atoms with Crippen LogP contribution in [-0.4, -0.2) is 24.4 Å². The molecular formula is C25H27F2IN2. The lowest BCUT2D eigenvalue weighted by molar-refractivity contribution is -0.401. The summed E-state index contributed by atoms with van der Waals surface area (Å²) in [7, 11) is 4.03. The van der Waals surface area contributed by atoms with Gasteiger partial charge in [0.15, 0.2) is 5.71 Å². The van der Waals surface area contributed by atoms with Crippen LogP contribution >= 0.6 is 0 Å². The van der Waals surface area contributed by atoms with Crippen LogP contribution in [0, 0.1) is 11.6 Å². The van der Waals surface area contributed by atoms with Crippen molar-refractivity contribution in [2.45, 2.75) is 38.5 Å². The van der Waals surface area contributed by atoms with Gasteiger partial charge in [-0.25, -0.2) is 8.78 Å². The Morgan fingerprint density at radius 1 is 0.900 bits per heavy atom. The van der Waals surface area contributed by atoms with Crippen LogP contribution in [0.1, 0.15) is 38.8 Å². The van der Waals surface area contributed by atoms with Crippen molar-refractivity contribution >= 4 is 17.1 Å². The summed E-state index contributed by atoms with van der Waals surface area (Å²) in [4.78, 5) is 2.12. The third kappa shape index (κ3) is 3.31. The number of halogens is 3. The molecule has 2 aromatic carbocycles. The number of fused-ring (bicyclic) bond motifs is 2. The largest absolute Gasteiger partial charge is 1.00 e. The van der Waals surface area contributed by atoms with Gasteiger partial charge < -0.3 is 28.9 Å². The minimum Gasteiger partial charge on any atom is -1.00 e. The highest BCUT2D eigenvalue weighted by atomic mass is 127. The number of allylic oxidation sites excluding steroid dienone is 4. The van der Waals surface area contributed by atoms with Gasteiger partial charge in [-0.1, -0.05) is 19.9 Å². The molecule has 0 amide bonds. The van der Waals surface area contributed by atoms with E-state index in [4.69, 9.17) is 0 Å². The Bertz CT molecular complexity index is 1110. The van der Waals surface area contributed by atoms with Crippen LogP contribution in [0.2, 0.25) is 0 Å². The van der Waals surface area contributed by atoms with Gasteiger partial charge in [-0.2, -0.15) is 4.58 Å². The molecule has 0 spiro atoms. The highest BCUT2D eigenvalue weighted by Gasteiger charge is 2.43. The lowest BCUT2D eigenvalue weighted by Gasteiger charge is -2.23.